The lowest BCUT2D eigenvalue weighted by molar-refractivity contribution is -0.143. The Morgan fingerprint density at radius 2 is 1.29 bits per heavy atom. The fourth-order valence-electron chi connectivity index (χ4n) is 11.8. The number of aliphatic carboxylic acids is 2. The van der Waals surface area contributed by atoms with Gasteiger partial charge in [-0.3, -0.25) is 72.1 Å². The van der Waals surface area contributed by atoms with Gasteiger partial charge in [0.05, 0.1) is 13.0 Å². The Bertz CT molecular complexity index is 3650. The minimum atomic E-state index is -1.90. The molecule has 2 aromatic carbocycles. The lowest BCUT2D eigenvalue weighted by atomic mass is 9.99. The normalized spacial score (nSPS) is 23.4. The molecule has 1 saturated heterocycles. The number of hydrogen-bond acceptors (Lipinski definition) is 20. The van der Waals surface area contributed by atoms with Crippen molar-refractivity contribution in [3.05, 3.63) is 65.4 Å². The standard InChI is InChI=1S/C70H103N17O18S2/c1-6-7-17-48-62(96)83-52(33-58(92)93)66(100)86-59(39(2)3)68(102)84-51(32-43-34-76-46-18-11-10-16-45(43)46)65(99)81-49(21-23-55(71)88)63(97)80-50(22-24-57(90)91)64(98)85-53(60(72)94)38-107-37-42-29-41(36-106-5)30-44(31-42)104-27-12-8-9-13-28-105-77-35-56(89)79-47(19-14-25-75-70(73)74)61(95)78-40(4)69(103)87-26-15-20-54(87)67(101)82-48/h10-11,16,18,29-31,34-35,39-40,47-54,59,76H,6-9,12-15,17,19-28,32-33,36-38H2,1-5H3,(H2,71,88)(H2,72,94)(H,78,95)(H,79,89)(H,80,97)(H,81,99)(H,82,101)(H,83,96)(H,84,102)(H,85,98)(H,86,100)(H,90,91)(H,92,93)(H4,73,74,75)/t40-,47-,48-,49-,50-,51-,52-,53-,54-,59-/m0/s1. The van der Waals surface area contributed by atoms with Gasteiger partial charge < -0.3 is 100 Å². The second-order valence-corrected chi connectivity index (χ2v) is 28.3. The molecule has 0 radical (unpaired) electrons. The van der Waals surface area contributed by atoms with Crippen molar-refractivity contribution in [1.29, 1.82) is 0 Å². The summed E-state index contributed by atoms with van der Waals surface area (Å²) in [7, 11) is 0. The Morgan fingerprint density at radius 3 is 1.94 bits per heavy atom. The molecule has 0 spiro atoms. The molecule has 2 aliphatic rings. The first-order valence-electron chi connectivity index (χ1n) is 35.6. The average Bonchev–Trinajstić information content (AvgIpc) is 1.74. The molecule has 10 atom stereocenters. The van der Waals surface area contributed by atoms with E-state index in [4.69, 9.17) is 32.5 Å². The van der Waals surface area contributed by atoms with E-state index in [-0.39, 0.29) is 63.5 Å². The highest BCUT2D eigenvalue weighted by molar-refractivity contribution is 7.98. The summed E-state index contributed by atoms with van der Waals surface area (Å²) in [4.78, 5) is 206. The number of amides is 12. The lowest BCUT2D eigenvalue weighted by Crippen LogP contribution is -2.61. The summed E-state index contributed by atoms with van der Waals surface area (Å²) in [5, 5.41) is 47.2. The number of oxime groups is 1. The monoisotopic (exact) mass is 1530 g/mol. The molecule has 37 heteroatoms. The quantitative estimate of drug-likeness (QED) is 0.0374. The molecule has 3 heterocycles. The van der Waals surface area contributed by atoms with Gasteiger partial charge in [0, 0.05) is 66.7 Å². The van der Waals surface area contributed by atoms with Gasteiger partial charge in [0.1, 0.15) is 79.0 Å². The third kappa shape index (κ3) is 30.3. The van der Waals surface area contributed by atoms with Crippen LogP contribution < -0.4 is 75.5 Å². The van der Waals surface area contributed by atoms with Crippen LogP contribution in [0.25, 0.3) is 10.9 Å². The van der Waals surface area contributed by atoms with Crippen molar-refractivity contribution in [2.24, 2.45) is 39.0 Å². The SMILES string of the molecule is CCCC[C@@H]1NC(=O)[C@@H]2CCCN2C(=O)[C@H](C)NC(=O)[C@H](CCCN=C(N)N)NC(=O)C=NOCCCCCCOc2cc(CSC)cc(c2)CSC[C@@H](C(N)=O)NC(=O)[C@H](CCC(=O)O)NC(=O)[C@H](CCC(N)=O)NC(=O)[C@H](Cc2c[nH]c3ccccc23)NC(=O)[C@H](C(C)C)NC(=O)[C@H](CC(=O)O)NC1=O. The number of thioether (sulfide) groups is 2. The molecular formula is C70H103N17O18S2. The number of nitrogens with zero attached hydrogens (tertiary/aromatic N) is 3. The van der Waals surface area contributed by atoms with Crippen molar-refractivity contribution >= 4 is 129 Å². The molecule has 3 aromatic rings. The van der Waals surface area contributed by atoms with Crippen LogP contribution in [0.5, 0.6) is 5.75 Å². The largest absolute Gasteiger partial charge is 0.494 e. The van der Waals surface area contributed by atoms with Crippen LogP contribution in [0.15, 0.2) is 58.8 Å². The first-order chi connectivity index (χ1) is 51.0. The van der Waals surface area contributed by atoms with Crippen LogP contribution in [-0.2, 0) is 89.9 Å². The van der Waals surface area contributed by atoms with E-state index in [2.05, 4.69) is 63.0 Å². The Hall–Kier alpha value is -10.2. The van der Waals surface area contributed by atoms with E-state index in [9.17, 15) is 77.3 Å². The van der Waals surface area contributed by atoms with Crippen LogP contribution in [0.3, 0.4) is 0 Å². The average molecular weight is 1530 g/mol. The molecule has 2 aliphatic heterocycles. The molecule has 0 unspecified atom stereocenters. The number of H-pyrrole nitrogens is 1. The number of aromatic nitrogens is 1. The number of fused-ring (bicyclic) bond motifs is 4. The third-order valence-electron chi connectivity index (χ3n) is 17.4. The minimum absolute atomic E-state index is 0.0114. The summed E-state index contributed by atoms with van der Waals surface area (Å²) in [5.41, 5.74) is 25.2. The van der Waals surface area contributed by atoms with Gasteiger partial charge in [-0.1, -0.05) is 63.0 Å². The number of para-hydroxylation sites is 1. The molecule has 588 valence electrons. The first-order valence-corrected chi connectivity index (χ1v) is 38.2. The Kier molecular flexibility index (Phi) is 37.0. The number of aromatic amines is 1. The molecule has 12 amide bonds. The molecule has 20 N–H and O–H groups in total. The zero-order valence-electron chi connectivity index (χ0n) is 60.9. The van der Waals surface area contributed by atoms with E-state index in [1.165, 1.54) is 37.4 Å². The number of carboxylic acid groups (broad SMARTS) is 2. The number of aliphatic imine (C=N–C) groups is 1. The van der Waals surface area contributed by atoms with Gasteiger partial charge in [0.25, 0.3) is 5.91 Å². The van der Waals surface area contributed by atoms with Crippen molar-refractivity contribution in [3.8, 4) is 5.75 Å². The van der Waals surface area contributed by atoms with Crippen LogP contribution in [-0.4, -0.2) is 214 Å². The van der Waals surface area contributed by atoms with Gasteiger partial charge in [0.15, 0.2) is 5.96 Å². The summed E-state index contributed by atoms with van der Waals surface area (Å²) in [6.07, 6.45) is 4.98. The lowest BCUT2D eigenvalue weighted by Gasteiger charge is -2.30. The summed E-state index contributed by atoms with van der Waals surface area (Å²) < 4.78 is 6.17. The van der Waals surface area contributed by atoms with Gasteiger partial charge in [-0.25, -0.2) is 0 Å². The van der Waals surface area contributed by atoms with Gasteiger partial charge in [-0.2, -0.15) is 23.5 Å². The zero-order chi connectivity index (χ0) is 78.7. The molecule has 5 rings (SSSR count). The number of carbonyl (C=O) groups excluding carboxylic acids is 12. The second-order valence-electron chi connectivity index (χ2n) is 26.4. The van der Waals surface area contributed by atoms with E-state index < -0.39 is 181 Å². The van der Waals surface area contributed by atoms with Crippen molar-refractivity contribution < 1.29 is 86.9 Å². The van der Waals surface area contributed by atoms with E-state index in [0.717, 1.165) is 23.8 Å². The molecule has 0 saturated carbocycles. The number of primary amides is 2. The van der Waals surface area contributed by atoms with Crippen LogP contribution in [0, 0.1) is 5.92 Å². The zero-order valence-corrected chi connectivity index (χ0v) is 62.5. The number of carboxylic acids is 2. The number of benzene rings is 2. The van der Waals surface area contributed by atoms with Crippen molar-refractivity contribution in [3.63, 3.8) is 0 Å². The van der Waals surface area contributed by atoms with Crippen molar-refractivity contribution in [2.75, 3.05) is 38.3 Å². The number of nitrogens with two attached hydrogens (primary N) is 4. The highest BCUT2D eigenvalue weighted by Crippen LogP contribution is 2.26. The van der Waals surface area contributed by atoms with Gasteiger partial charge in [0.2, 0.25) is 65.0 Å². The van der Waals surface area contributed by atoms with Crippen LogP contribution in [0.4, 0.5) is 0 Å². The predicted octanol–water partition coefficient (Wildman–Crippen LogP) is -0.174. The minimum Gasteiger partial charge on any atom is -0.494 e. The summed E-state index contributed by atoms with van der Waals surface area (Å²) in [5.74, 6) is -13.8. The molecule has 1 fully saturated rings. The fraction of sp³-hybridized carbons (Fsp3) is 0.571. The van der Waals surface area contributed by atoms with Gasteiger partial charge in [-0.15, -0.1) is 0 Å². The van der Waals surface area contributed by atoms with Crippen molar-refractivity contribution in [1.82, 2.24) is 57.7 Å². The molecule has 0 aliphatic carbocycles. The van der Waals surface area contributed by atoms with Crippen LogP contribution in [0.1, 0.15) is 147 Å². The van der Waals surface area contributed by atoms with Crippen LogP contribution >= 0.6 is 23.5 Å². The number of nitrogens with one attached hydrogen (secondary N) is 10. The van der Waals surface area contributed by atoms with Crippen LogP contribution in [0.2, 0.25) is 0 Å². The summed E-state index contributed by atoms with van der Waals surface area (Å²) in [6, 6.07) is -2.32. The maximum atomic E-state index is 14.9. The number of guanidine groups is 1. The first kappa shape index (κ1) is 87.4. The fourth-order valence-corrected chi connectivity index (χ4v) is 13.3. The maximum Gasteiger partial charge on any atom is 0.305 e. The highest BCUT2D eigenvalue weighted by Gasteiger charge is 2.41. The maximum absolute atomic E-state index is 14.9. The topological polar surface area (TPSA) is 554 Å². The van der Waals surface area contributed by atoms with E-state index in [1.54, 1.807) is 49.1 Å². The summed E-state index contributed by atoms with van der Waals surface area (Å²) >= 11 is 2.82. The third-order valence-corrected chi connectivity index (χ3v) is 19.1. The molecule has 1 aromatic heterocycles. The Balaban J connectivity index is 1.49. The number of rotatable bonds is 21. The second kappa shape index (κ2) is 45.3. The van der Waals surface area contributed by atoms with Gasteiger partial charge >= 0.3 is 11.9 Å². The number of carbonyl (C=O) groups is 14. The van der Waals surface area contributed by atoms with E-state index in [0.29, 0.717) is 78.9 Å². The predicted molar refractivity (Wildman–Crippen MR) is 399 cm³/mol. The Labute approximate surface area is 628 Å². The number of unbranched alkanes of at least 4 members (excludes halogenated alkanes) is 1. The highest BCUT2D eigenvalue weighted by atomic mass is 32.2. The molecule has 2 bridgehead atoms. The number of hydrogen-bond donors (Lipinski definition) is 16. The van der Waals surface area contributed by atoms with Crippen molar-refractivity contribution in [2.45, 2.75) is 209 Å². The summed E-state index contributed by atoms with van der Waals surface area (Å²) in [6.45, 7) is 6.90. The van der Waals surface area contributed by atoms with E-state index in [1.807, 2.05) is 24.5 Å². The van der Waals surface area contributed by atoms with E-state index >= 15 is 0 Å². The molecule has 35 nitrogen and oxygen atoms in total. The molecular weight excluding hydrogens is 1430 g/mol. The molecule has 107 heavy (non-hydrogen) atoms. The Morgan fingerprint density at radius 1 is 0.682 bits per heavy atom. The smallest absolute Gasteiger partial charge is 0.305 e. The number of ether oxygens (including phenoxy) is 1. The van der Waals surface area contributed by atoms with Gasteiger partial charge in [-0.05, 0) is 125 Å².